The zero-order chi connectivity index (χ0) is 14.4. The van der Waals surface area contributed by atoms with Gasteiger partial charge >= 0.3 is 0 Å². The Morgan fingerprint density at radius 3 is 2.65 bits per heavy atom. The van der Waals surface area contributed by atoms with Crippen molar-refractivity contribution in [2.75, 3.05) is 26.9 Å². The van der Waals surface area contributed by atoms with Crippen molar-refractivity contribution in [3.8, 4) is 0 Å². The molecule has 1 aromatic rings. The maximum atomic E-state index is 6.13. The first-order valence-electron chi connectivity index (χ1n) is 7.70. The highest BCUT2D eigenvalue weighted by molar-refractivity contribution is 5.36. The summed E-state index contributed by atoms with van der Waals surface area (Å²) in [6.07, 6.45) is 2.31. The third kappa shape index (κ3) is 3.60. The number of rotatable bonds is 7. The van der Waals surface area contributed by atoms with Crippen LogP contribution in [0, 0.1) is 0 Å². The lowest BCUT2D eigenvalue weighted by Gasteiger charge is -2.37. The molecule has 0 amide bonds. The first kappa shape index (κ1) is 15.5. The van der Waals surface area contributed by atoms with Crippen molar-refractivity contribution in [2.45, 2.75) is 44.8 Å². The number of hydrogen-bond acceptors (Lipinski definition) is 3. The van der Waals surface area contributed by atoms with Gasteiger partial charge < -0.3 is 14.8 Å². The summed E-state index contributed by atoms with van der Waals surface area (Å²) in [4.78, 5) is 0. The molecule has 3 unspecified atom stereocenters. The molecule has 2 rings (SSSR count). The third-order valence-corrected chi connectivity index (χ3v) is 4.07. The number of benzene rings is 1. The minimum absolute atomic E-state index is 0.261. The van der Waals surface area contributed by atoms with Crippen LogP contribution in [0.4, 0.5) is 0 Å². The maximum Gasteiger partial charge on any atom is 0.0775 e. The molecule has 1 aliphatic rings. The quantitative estimate of drug-likeness (QED) is 0.776. The third-order valence-electron chi connectivity index (χ3n) is 4.07. The Balaban J connectivity index is 2.08. The fourth-order valence-electron chi connectivity index (χ4n) is 3.12. The molecule has 0 aliphatic heterocycles. The summed E-state index contributed by atoms with van der Waals surface area (Å²) in [5.74, 6) is 0.563. The number of hydrogen-bond donors (Lipinski definition) is 1. The van der Waals surface area contributed by atoms with Gasteiger partial charge in [-0.3, -0.25) is 0 Å². The highest BCUT2D eigenvalue weighted by atomic mass is 16.5. The minimum Gasteiger partial charge on any atom is -0.385 e. The highest BCUT2D eigenvalue weighted by Gasteiger charge is 2.32. The number of fused-ring (bicyclic) bond motifs is 1. The summed E-state index contributed by atoms with van der Waals surface area (Å²) in [6, 6.07) is 9.08. The van der Waals surface area contributed by atoms with Crippen LogP contribution in [0.15, 0.2) is 24.3 Å². The second kappa shape index (κ2) is 7.77. The van der Waals surface area contributed by atoms with E-state index in [1.165, 1.54) is 11.1 Å². The summed E-state index contributed by atoms with van der Waals surface area (Å²) in [7, 11) is 1.74. The Labute approximate surface area is 122 Å². The van der Waals surface area contributed by atoms with Crippen LogP contribution in [0.1, 0.15) is 49.8 Å². The summed E-state index contributed by atoms with van der Waals surface area (Å²) < 4.78 is 11.2. The van der Waals surface area contributed by atoms with E-state index in [-0.39, 0.29) is 6.10 Å². The molecule has 0 heterocycles. The van der Waals surface area contributed by atoms with Crippen LogP contribution in [0.5, 0.6) is 0 Å². The van der Waals surface area contributed by atoms with E-state index < -0.39 is 0 Å². The minimum atomic E-state index is 0.261. The van der Waals surface area contributed by atoms with Gasteiger partial charge in [-0.1, -0.05) is 38.1 Å². The Morgan fingerprint density at radius 1 is 1.20 bits per heavy atom. The maximum absolute atomic E-state index is 6.13. The number of methoxy groups -OCH3 is 1. The zero-order valence-electron chi connectivity index (χ0n) is 12.9. The van der Waals surface area contributed by atoms with Crippen molar-refractivity contribution in [3.63, 3.8) is 0 Å². The van der Waals surface area contributed by atoms with Crippen LogP contribution >= 0.6 is 0 Å². The van der Waals surface area contributed by atoms with E-state index >= 15 is 0 Å². The molecule has 0 saturated carbocycles. The summed E-state index contributed by atoms with van der Waals surface area (Å²) in [5.41, 5.74) is 2.88. The molecule has 3 nitrogen and oxygen atoms in total. The normalized spacial score (nSPS) is 25.4. The van der Waals surface area contributed by atoms with Gasteiger partial charge in [0.05, 0.1) is 12.1 Å². The van der Waals surface area contributed by atoms with Gasteiger partial charge in [0.1, 0.15) is 0 Å². The fourth-order valence-corrected chi connectivity index (χ4v) is 3.12. The first-order valence-corrected chi connectivity index (χ1v) is 7.70. The van der Waals surface area contributed by atoms with Gasteiger partial charge in [-0.15, -0.1) is 0 Å². The van der Waals surface area contributed by atoms with Crippen molar-refractivity contribution in [1.29, 1.82) is 0 Å². The average Bonchev–Trinajstić information content (AvgIpc) is 2.47. The second-order valence-corrected chi connectivity index (χ2v) is 5.56. The van der Waals surface area contributed by atoms with Gasteiger partial charge in [-0.25, -0.2) is 0 Å². The molecule has 0 fully saturated rings. The molecule has 20 heavy (non-hydrogen) atoms. The number of likely N-dealkylation sites (N-methyl/N-ethyl adjacent to an activating group) is 1. The molecule has 112 valence electrons. The van der Waals surface area contributed by atoms with Gasteiger partial charge in [-0.2, -0.15) is 0 Å². The summed E-state index contributed by atoms with van der Waals surface area (Å²) >= 11 is 0. The number of nitrogens with one attached hydrogen (secondary N) is 1. The Bertz CT molecular complexity index is 408. The molecule has 0 saturated heterocycles. The van der Waals surface area contributed by atoms with E-state index in [0.29, 0.717) is 12.0 Å². The van der Waals surface area contributed by atoms with Crippen LogP contribution in [0.2, 0.25) is 0 Å². The van der Waals surface area contributed by atoms with Gasteiger partial charge in [-0.05, 0) is 36.4 Å². The number of ether oxygens (including phenoxy) is 2. The molecule has 0 aromatic heterocycles. The first-order chi connectivity index (χ1) is 9.77. The monoisotopic (exact) mass is 277 g/mol. The predicted molar refractivity (Wildman–Crippen MR) is 82.1 cm³/mol. The van der Waals surface area contributed by atoms with E-state index in [2.05, 4.69) is 43.4 Å². The largest absolute Gasteiger partial charge is 0.385 e. The fraction of sp³-hybridized carbons (Fsp3) is 0.647. The van der Waals surface area contributed by atoms with Crippen molar-refractivity contribution >= 4 is 0 Å². The average molecular weight is 277 g/mol. The van der Waals surface area contributed by atoms with Crippen LogP contribution < -0.4 is 5.32 Å². The van der Waals surface area contributed by atoms with Crippen molar-refractivity contribution in [3.05, 3.63) is 35.4 Å². The second-order valence-electron chi connectivity index (χ2n) is 5.56. The zero-order valence-corrected chi connectivity index (χ0v) is 12.9. The van der Waals surface area contributed by atoms with Crippen molar-refractivity contribution < 1.29 is 9.47 Å². The molecule has 0 bridgehead atoms. The predicted octanol–water partition coefficient (Wildman–Crippen LogP) is 3.27. The molecule has 0 radical (unpaired) electrons. The van der Waals surface area contributed by atoms with Crippen LogP contribution in [0.3, 0.4) is 0 Å². The molecule has 3 atom stereocenters. The summed E-state index contributed by atoms with van der Waals surface area (Å²) in [6.45, 7) is 6.96. The lowest BCUT2D eigenvalue weighted by molar-refractivity contribution is 0.00267. The Hall–Kier alpha value is -0.900. The van der Waals surface area contributed by atoms with Gasteiger partial charge in [0.15, 0.2) is 0 Å². The van der Waals surface area contributed by atoms with Gasteiger partial charge in [0.25, 0.3) is 0 Å². The van der Waals surface area contributed by atoms with E-state index in [0.717, 1.165) is 32.6 Å². The standard InChI is InChI=1S/C17H27NO2/c1-4-18-17-15-9-6-5-8-14(15)13(2)12-16(17)20-11-7-10-19-3/h5-6,8-9,13,16-18H,4,7,10-12H2,1-3H3. The molecule has 1 aromatic carbocycles. The van der Waals surface area contributed by atoms with E-state index in [9.17, 15) is 0 Å². The molecule has 1 aliphatic carbocycles. The van der Waals surface area contributed by atoms with Crippen LogP contribution in [-0.2, 0) is 9.47 Å². The summed E-state index contributed by atoms with van der Waals surface area (Å²) in [5, 5.41) is 3.60. The van der Waals surface area contributed by atoms with E-state index in [4.69, 9.17) is 9.47 Å². The van der Waals surface area contributed by atoms with Crippen LogP contribution in [-0.4, -0.2) is 33.0 Å². The molecule has 0 spiro atoms. The Kier molecular flexibility index (Phi) is 6.02. The SMILES string of the molecule is CCNC1c2ccccc2C(C)CC1OCCCOC. The molecule has 3 heteroatoms. The lowest BCUT2D eigenvalue weighted by atomic mass is 9.79. The molecular formula is C17H27NO2. The Morgan fingerprint density at radius 2 is 1.95 bits per heavy atom. The van der Waals surface area contributed by atoms with E-state index in [1.807, 2.05) is 0 Å². The smallest absolute Gasteiger partial charge is 0.0775 e. The van der Waals surface area contributed by atoms with Crippen molar-refractivity contribution in [1.82, 2.24) is 5.32 Å². The van der Waals surface area contributed by atoms with Gasteiger partial charge in [0.2, 0.25) is 0 Å². The highest BCUT2D eigenvalue weighted by Crippen LogP contribution is 2.38. The lowest BCUT2D eigenvalue weighted by Crippen LogP contribution is -2.38. The van der Waals surface area contributed by atoms with E-state index in [1.54, 1.807) is 7.11 Å². The van der Waals surface area contributed by atoms with Gasteiger partial charge in [0, 0.05) is 20.3 Å². The van der Waals surface area contributed by atoms with Crippen molar-refractivity contribution in [2.24, 2.45) is 0 Å². The van der Waals surface area contributed by atoms with Crippen LogP contribution in [0.25, 0.3) is 0 Å². The molecule has 1 N–H and O–H groups in total. The topological polar surface area (TPSA) is 30.5 Å². The molecular weight excluding hydrogens is 250 g/mol.